The number of anilines is 1. The van der Waals surface area contributed by atoms with E-state index >= 15 is 0 Å². The summed E-state index contributed by atoms with van der Waals surface area (Å²) < 4.78 is 11.8. The lowest BCUT2D eigenvalue weighted by Crippen LogP contribution is -2.35. The van der Waals surface area contributed by atoms with E-state index in [0.717, 1.165) is 11.2 Å². The highest BCUT2D eigenvalue weighted by atomic mass is 79.9. The minimum Gasteiger partial charge on any atom is -0.493 e. The molecule has 10 nitrogen and oxygen atoms in total. The van der Waals surface area contributed by atoms with Crippen molar-refractivity contribution in [3.05, 3.63) is 86.5 Å². The molecule has 0 radical (unpaired) electrons. The maximum Gasteiger partial charge on any atom is 0.287 e. The molecule has 0 atom stereocenters. The number of carbonyl (C=O) groups is 2. The molecule has 2 heterocycles. The van der Waals surface area contributed by atoms with Crippen LogP contribution >= 0.6 is 15.9 Å². The fourth-order valence-electron chi connectivity index (χ4n) is 3.07. The number of nitro groups is 1. The molecule has 0 unspecified atom stereocenters. The van der Waals surface area contributed by atoms with E-state index in [1.54, 1.807) is 42.5 Å². The second-order valence-corrected chi connectivity index (χ2v) is 7.63. The lowest BCUT2D eigenvalue weighted by molar-refractivity contribution is -0.385. The van der Waals surface area contributed by atoms with Gasteiger partial charge in [0.2, 0.25) is 5.88 Å². The third-order valence-corrected chi connectivity index (χ3v) is 5.07. The first-order chi connectivity index (χ1) is 15.9. The average molecular weight is 511 g/mol. The number of ether oxygens (including phenoxy) is 2. The number of benzene rings is 2. The highest BCUT2D eigenvalue weighted by molar-refractivity contribution is 9.10. The monoisotopic (exact) mass is 510 g/mol. The number of nitrogens with one attached hydrogen (secondary N) is 1. The number of hydrogen-bond acceptors (Lipinski definition) is 7. The Morgan fingerprint density at radius 1 is 1.15 bits per heavy atom. The molecule has 0 saturated carbocycles. The van der Waals surface area contributed by atoms with Crippen LogP contribution in [0.15, 0.2) is 70.8 Å². The van der Waals surface area contributed by atoms with Gasteiger partial charge >= 0.3 is 0 Å². The van der Waals surface area contributed by atoms with Crippen LogP contribution in [0.4, 0.5) is 11.4 Å². The van der Waals surface area contributed by atoms with E-state index in [1.165, 1.54) is 25.3 Å². The maximum atomic E-state index is 12.9. The molecule has 1 aliphatic rings. The molecular weight excluding hydrogens is 496 g/mol. The minimum atomic E-state index is -0.581. The van der Waals surface area contributed by atoms with Crippen LogP contribution in [0.1, 0.15) is 5.56 Å². The van der Waals surface area contributed by atoms with Gasteiger partial charge in [-0.1, -0.05) is 34.1 Å². The van der Waals surface area contributed by atoms with Crippen molar-refractivity contribution < 1.29 is 24.0 Å². The number of hydrogen-bond donors (Lipinski definition) is 1. The van der Waals surface area contributed by atoms with Gasteiger partial charge in [-0.15, -0.1) is 0 Å². The van der Waals surface area contributed by atoms with Crippen molar-refractivity contribution in [3.63, 3.8) is 0 Å². The van der Waals surface area contributed by atoms with Gasteiger partial charge in [-0.25, -0.2) is 9.99 Å². The van der Waals surface area contributed by atoms with E-state index in [0.29, 0.717) is 21.5 Å². The third kappa shape index (κ3) is 4.53. The van der Waals surface area contributed by atoms with Crippen LogP contribution in [-0.4, -0.2) is 28.8 Å². The van der Waals surface area contributed by atoms with E-state index in [2.05, 4.69) is 26.3 Å². The first-order valence-corrected chi connectivity index (χ1v) is 10.2. The van der Waals surface area contributed by atoms with Gasteiger partial charge in [0.15, 0.2) is 11.5 Å². The van der Waals surface area contributed by atoms with Gasteiger partial charge < -0.3 is 9.47 Å². The molecule has 2 aromatic carbocycles. The zero-order valence-electron chi connectivity index (χ0n) is 17.0. The molecule has 33 heavy (non-hydrogen) atoms. The predicted molar refractivity (Wildman–Crippen MR) is 122 cm³/mol. The summed E-state index contributed by atoms with van der Waals surface area (Å²) in [6.45, 7) is 0. The maximum absolute atomic E-state index is 12.9. The Morgan fingerprint density at radius 2 is 1.91 bits per heavy atom. The molecule has 0 aliphatic carbocycles. The SMILES string of the molecule is COc1cc(Br)cc(/C=C2\C(=O)NN(c3ccccc3)C2=O)c1Oc1ccc([N+](=O)[O-])cn1. The number of carbonyl (C=O) groups excluding carboxylic acids is 2. The van der Waals surface area contributed by atoms with Gasteiger partial charge in [0.1, 0.15) is 11.8 Å². The summed E-state index contributed by atoms with van der Waals surface area (Å²) in [5.41, 5.74) is 3.10. The lowest BCUT2D eigenvalue weighted by atomic mass is 10.1. The normalized spacial score (nSPS) is 14.4. The molecule has 1 saturated heterocycles. The van der Waals surface area contributed by atoms with E-state index < -0.39 is 16.7 Å². The summed E-state index contributed by atoms with van der Waals surface area (Å²) in [6, 6.07) is 14.5. The van der Waals surface area contributed by atoms with Crippen LogP contribution in [0.2, 0.25) is 0 Å². The van der Waals surface area contributed by atoms with Gasteiger partial charge in [0.25, 0.3) is 17.5 Å². The number of aromatic nitrogens is 1. The van der Waals surface area contributed by atoms with E-state index in [4.69, 9.17) is 9.47 Å². The molecule has 4 rings (SSSR count). The minimum absolute atomic E-state index is 0.0639. The van der Waals surface area contributed by atoms with Crippen LogP contribution in [0.25, 0.3) is 6.08 Å². The van der Waals surface area contributed by atoms with Crippen LogP contribution in [0.3, 0.4) is 0 Å². The number of halogens is 1. The number of nitrogens with zero attached hydrogens (tertiary/aromatic N) is 3. The Hall–Kier alpha value is -4.25. The Labute approximate surface area is 195 Å². The molecule has 1 aromatic heterocycles. The molecule has 2 amide bonds. The molecule has 0 bridgehead atoms. The molecular formula is C22H15BrN4O6. The fraction of sp³-hybridized carbons (Fsp3) is 0.0455. The predicted octanol–water partition coefficient (Wildman–Crippen LogP) is 4.01. The van der Waals surface area contributed by atoms with Crippen molar-refractivity contribution in [1.29, 1.82) is 0 Å². The van der Waals surface area contributed by atoms with Crippen molar-refractivity contribution >= 4 is 45.2 Å². The summed E-state index contributed by atoms with van der Waals surface area (Å²) in [4.78, 5) is 39.8. The van der Waals surface area contributed by atoms with Crippen molar-refractivity contribution in [2.24, 2.45) is 0 Å². The van der Waals surface area contributed by atoms with Crippen molar-refractivity contribution in [3.8, 4) is 17.4 Å². The Morgan fingerprint density at radius 3 is 2.55 bits per heavy atom. The van der Waals surface area contributed by atoms with Gasteiger partial charge in [0.05, 0.1) is 17.7 Å². The van der Waals surface area contributed by atoms with Gasteiger partial charge in [0, 0.05) is 22.2 Å². The zero-order valence-corrected chi connectivity index (χ0v) is 18.6. The van der Waals surface area contributed by atoms with E-state index in [-0.39, 0.29) is 22.9 Å². The third-order valence-electron chi connectivity index (χ3n) is 4.61. The number of hydrazine groups is 1. The zero-order chi connectivity index (χ0) is 23.5. The van der Waals surface area contributed by atoms with Gasteiger partial charge in [-0.3, -0.25) is 25.1 Å². The first kappa shape index (κ1) is 22.0. The van der Waals surface area contributed by atoms with Crippen molar-refractivity contribution in [2.45, 2.75) is 0 Å². The molecule has 1 fully saturated rings. The van der Waals surface area contributed by atoms with Crippen LogP contribution in [-0.2, 0) is 9.59 Å². The largest absolute Gasteiger partial charge is 0.493 e. The van der Waals surface area contributed by atoms with Crippen LogP contribution in [0.5, 0.6) is 17.4 Å². The average Bonchev–Trinajstić information content (AvgIpc) is 3.09. The molecule has 166 valence electrons. The Bertz CT molecular complexity index is 1280. The standard InChI is InChI=1S/C22H15BrN4O6/c1-32-18-11-14(23)9-13(20(18)33-19-8-7-16(12-24-19)27(30)31)10-17-21(28)25-26(22(17)29)15-5-3-2-4-6-15/h2-12H,1H3,(H,25,28)/b17-10+. The van der Waals surface area contributed by atoms with E-state index in [1.807, 2.05) is 0 Å². The Kier molecular flexibility index (Phi) is 6.05. The lowest BCUT2D eigenvalue weighted by Gasteiger charge is -2.14. The van der Waals surface area contributed by atoms with E-state index in [9.17, 15) is 19.7 Å². The van der Waals surface area contributed by atoms with Crippen LogP contribution in [0, 0.1) is 10.1 Å². The number of pyridine rings is 1. The summed E-state index contributed by atoms with van der Waals surface area (Å²) in [5.74, 6) is -0.587. The number of para-hydroxylation sites is 1. The molecule has 11 heteroatoms. The number of methoxy groups -OCH3 is 1. The van der Waals surface area contributed by atoms with Crippen LogP contribution < -0.4 is 19.9 Å². The quantitative estimate of drug-likeness (QED) is 0.230. The summed E-state index contributed by atoms with van der Waals surface area (Å²) in [7, 11) is 1.43. The summed E-state index contributed by atoms with van der Waals surface area (Å²) >= 11 is 3.38. The highest BCUT2D eigenvalue weighted by Crippen LogP contribution is 2.39. The molecule has 3 aromatic rings. The number of rotatable bonds is 6. The number of amides is 2. The summed E-state index contributed by atoms with van der Waals surface area (Å²) in [5, 5.41) is 12.0. The molecule has 1 N–H and O–H groups in total. The summed E-state index contributed by atoms with van der Waals surface area (Å²) in [6.07, 6.45) is 2.44. The topological polar surface area (TPSA) is 124 Å². The molecule has 0 spiro atoms. The van der Waals surface area contributed by atoms with Gasteiger partial charge in [-0.2, -0.15) is 0 Å². The smallest absolute Gasteiger partial charge is 0.287 e. The van der Waals surface area contributed by atoms with Crippen molar-refractivity contribution in [2.75, 3.05) is 12.1 Å². The first-order valence-electron chi connectivity index (χ1n) is 9.45. The second kappa shape index (κ2) is 9.09. The van der Waals surface area contributed by atoms with Gasteiger partial charge in [-0.05, 0) is 30.3 Å². The van der Waals surface area contributed by atoms with Crippen molar-refractivity contribution in [1.82, 2.24) is 10.4 Å². The Balaban J connectivity index is 1.73. The fourth-order valence-corrected chi connectivity index (χ4v) is 3.53. The highest BCUT2D eigenvalue weighted by Gasteiger charge is 2.34. The second-order valence-electron chi connectivity index (χ2n) is 6.72. The molecule has 1 aliphatic heterocycles.